The number of carboxylic acids is 1. The standard InChI is InChI=1S/C40H58N4O6/c1-23(2)31-25(45)20-40(44-34(49)43-29-14-19-41-22-42-29)18-17-38(8)24(32(31)40)10-11-27-37(7)15-13-28(50-30(46)21-35(3,4)33(47)48)36(5,6)26(37)12-16-39(27,38)9/h14,19,22-24,26-28H,10-13,15-18,20-21H2,1-9H3,(H,47,48)(H2,41,42,43,44,49)/t24-,26+,27-,28+,37+,38-,39-,40-/m1/s1. The molecule has 1 aromatic rings. The van der Waals surface area contributed by atoms with Crippen molar-refractivity contribution in [1.82, 2.24) is 15.3 Å². The Labute approximate surface area is 297 Å². The maximum atomic E-state index is 13.9. The molecular formula is C40H58N4O6. The molecule has 10 heteroatoms. The van der Waals surface area contributed by atoms with Crippen LogP contribution in [0.4, 0.5) is 10.6 Å². The van der Waals surface area contributed by atoms with Crippen LogP contribution in [0.3, 0.4) is 0 Å². The van der Waals surface area contributed by atoms with Gasteiger partial charge in [-0.3, -0.25) is 19.7 Å². The predicted molar refractivity (Wildman–Crippen MR) is 190 cm³/mol. The van der Waals surface area contributed by atoms with Crippen LogP contribution in [0.5, 0.6) is 0 Å². The van der Waals surface area contributed by atoms with E-state index in [1.165, 1.54) is 11.9 Å². The van der Waals surface area contributed by atoms with Crippen molar-refractivity contribution in [2.24, 2.45) is 50.7 Å². The number of anilines is 1. The van der Waals surface area contributed by atoms with Crippen molar-refractivity contribution in [3.63, 3.8) is 0 Å². The summed E-state index contributed by atoms with van der Waals surface area (Å²) in [5.41, 5.74) is -0.0520. The van der Waals surface area contributed by atoms with Crippen LogP contribution in [0.15, 0.2) is 29.7 Å². The van der Waals surface area contributed by atoms with E-state index in [0.29, 0.717) is 30.5 Å². The number of hydrogen-bond donors (Lipinski definition) is 3. The van der Waals surface area contributed by atoms with E-state index in [-0.39, 0.29) is 57.8 Å². The highest BCUT2D eigenvalue weighted by molar-refractivity contribution is 6.03. The molecule has 3 N–H and O–H groups in total. The van der Waals surface area contributed by atoms with Crippen molar-refractivity contribution in [1.29, 1.82) is 0 Å². The fourth-order valence-corrected chi connectivity index (χ4v) is 12.3. The summed E-state index contributed by atoms with van der Waals surface area (Å²) in [4.78, 5) is 60.3. The van der Waals surface area contributed by atoms with Gasteiger partial charge in [-0.15, -0.1) is 0 Å². The highest BCUT2D eigenvalue weighted by Crippen LogP contribution is 2.76. The Morgan fingerprint density at radius 3 is 2.34 bits per heavy atom. The molecule has 1 aromatic heterocycles. The number of nitrogens with zero attached hydrogens (tertiary/aromatic N) is 2. The highest BCUT2D eigenvalue weighted by atomic mass is 16.5. The number of urea groups is 1. The van der Waals surface area contributed by atoms with E-state index >= 15 is 0 Å². The van der Waals surface area contributed by atoms with Gasteiger partial charge in [-0.25, -0.2) is 14.8 Å². The molecule has 0 aromatic carbocycles. The molecule has 6 rings (SSSR count). The quantitative estimate of drug-likeness (QED) is 0.246. The molecule has 5 aliphatic rings. The summed E-state index contributed by atoms with van der Waals surface area (Å²) in [6.45, 7) is 19.4. The third-order valence-corrected chi connectivity index (χ3v) is 15.0. The van der Waals surface area contributed by atoms with E-state index in [1.807, 2.05) is 0 Å². The van der Waals surface area contributed by atoms with Crippen molar-refractivity contribution >= 4 is 29.6 Å². The molecule has 4 saturated carbocycles. The molecule has 0 radical (unpaired) electrons. The molecule has 1 heterocycles. The van der Waals surface area contributed by atoms with Crippen molar-refractivity contribution in [2.45, 2.75) is 138 Å². The lowest BCUT2D eigenvalue weighted by molar-refractivity contribution is -0.232. The van der Waals surface area contributed by atoms with Gasteiger partial charge in [-0.2, -0.15) is 0 Å². The average molecular weight is 691 g/mol. The first-order valence-corrected chi connectivity index (χ1v) is 18.8. The summed E-state index contributed by atoms with van der Waals surface area (Å²) in [6.07, 6.45) is 10.3. The van der Waals surface area contributed by atoms with Crippen molar-refractivity contribution in [3.05, 3.63) is 29.7 Å². The number of nitrogens with one attached hydrogen (secondary N) is 2. The second-order valence-corrected chi connectivity index (χ2v) is 18.7. The van der Waals surface area contributed by atoms with Crippen LogP contribution in [-0.4, -0.2) is 50.5 Å². The maximum Gasteiger partial charge on any atom is 0.321 e. The lowest BCUT2D eigenvalue weighted by Crippen LogP contribution is -2.67. The summed E-state index contributed by atoms with van der Waals surface area (Å²) in [7, 11) is 0. The van der Waals surface area contributed by atoms with Crippen LogP contribution < -0.4 is 10.6 Å². The van der Waals surface area contributed by atoms with E-state index in [4.69, 9.17) is 4.74 Å². The summed E-state index contributed by atoms with van der Waals surface area (Å²) >= 11 is 0. The van der Waals surface area contributed by atoms with E-state index in [0.717, 1.165) is 50.5 Å². The number of rotatable bonds is 7. The van der Waals surface area contributed by atoms with E-state index in [9.17, 15) is 24.3 Å². The first-order valence-electron chi connectivity index (χ1n) is 18.8. The summed E-state index contributed by atoms with van der Waals surface area (Å²) < 4.78 is 6.14. The molecule has 0 aliphatic heterocycles. The van der Waals surface area contributed by atoms with Crippen LogP contribution in [0.2, 0.25) is 0 Å². The van der Waals surface area contributed by atoms with E-state index in [1.54, 1.807) is 26.1 Å². The van der Waals surface area contributed by atoms with E-state index in [2.05, 4.69) is 69.1 Å². The average Bonchev–Trinajstić information content (AvgIpc) is 3.30. The molecule has 0 saturated heterocycles. The van der Waals surface area contributed by atoms with Gasteiger partial charge in [0, 0.05) is 18.0 Å². The van der Waals surface area contributed by atoms with Gasteiger partial charge in [-0.05, 0) is 122 Å². The molecular weight excluding hydrogens is 632 g/mol. The van der Waals surface area contributed by atoms with Crippen LogP contribution in [0.25, 0.3) is 0 Å². The van der Waals surface area contributed by atoms with Crippen molar-refractivity contribution < 1.29 is 29.0 Å². The number of esters is 1. The number of fused-ring (bicyclic) bond motifs is 7. The second kappa shape index (κ2) is 12.1. The van der Waals surface area contributed by atoms with Crippen molar-refractivity contribution in [2.75, 3.05) is 5.32 Å². The minimum absolute atomic E-state index is 0.0162. The lowest BCUT2D eigenvalue weighted by atomic mass is 9.33. The van der Waals surface area contributed by atoms with Gasteiger partial charge in [-0.1, -0.05) is 48.5 Å². The number of ketones is 1. The van der Waals surface area contributed by atoms with Crippen LogP contribution >= 0.6 is 0 Å². The van der Waals surface area contributed by atoms with Gasteiger partial charge >= 0.3 is 18.0 Å². The third kappa shape index (κ3) is 5.49. The zero-order valence-electron chi connectivity index (χ0n) is 31.6. The number of carbonyl (C=O) groups excluding carboxylic acids is 3. The molecule has 2 amide bonds. The maximum absolute atomic E-state index is 13.9. The SMILES string of the molecule is CC(C)C1=C2[C@H]3CC[C@@H]4[C@@]5(C)CC[C@H](OC(=O)CC(C)(C)C(=O)O)C(C)(C)[C@@H]5CC[C@@]4(C)[C@]3(C)CC[C@@]2(NC(=O)Nc2ccncn2)CC1=O. The monoisotopic (exact) mass is 690 g/mol. The molecule has 0 bridgehead atoms. The van der Waals surface area contributed by atoms with Gasteiger partial charge in [0.2, 0.25) is 0 Å². The number of hydrogen-bond acceptors (Lipinski definition) is 7. The summed E-state index contributed by atoms with van der Waals surface area (Å²) in [5.74, 6) is 0.196. The molecule has 8 atom stereocenters. The topological polar surface area (TPSA) is 148 Å². The number of ether oxygens (including phenoxy) is 1. The Bertz CT molecular complexity index is 1600. The molecule has 0 unspecified atom stereocenters. The molecule has 5 aliphatic carbocycles. The number of aromatic nitrogens is 2. The van der Waals surface area contributed by atoms with Gasteiger partial charge in [0.1, 0.15) is 18.2 Å². The zero-order valence-corrected chi connectivity index (χ0v) is 31.6. The number of allylic oxidation sites excluding steroid dienone is 1. The largest absolute Gasteiger partial charge is 0.481 e. The minimum atomic E-state index is -1.17. The fourth-order valence-electron chi connectivity index (χ4n) is 12.3. The number of aliphatic carboxylic acids is 1. The van der Waals surface area contributed by atoms with Crippen molar-refractivity contribution in [3.8, 4) is 0 Å². The molecule has 4 fully saturated rings. The first-order chi connectivity index (χ1) is 23.2. The third-order valence-electron chi connectivity index (χ3n) is 15.0. The molecule has 10 nitrogen and oxygen atoms in total. The number of carboxylic acid groups (broad SMARTS) is 1. The van der Waals surface area contributed by atoms with Crippen LogP contribution in [-0.2, 0) is 19.1 Å². The molecule has 0 spiro atoms. The Hall–Kier alpha value is -3.30. The summed E-state index contributed by atoms with van der Waals surface area (Å²) in [6, 6.07) is 1.31. The number of amides is 2. The first kappa shape index (κ1) is 36.5. The Kier molecular flexibility index (Phi) is 8.87. The van der Waals surface area contributed by atoms with Gasteiger partial charge in [0.05, 0.1) is 17.4 Å². The zero-order chi connectivity index (χ0) is 36.7. The Morgan fingerprint density at radius 2 is 1.70 bits per heavy atom. The highest BCUT2D eigenvalue weighted by Gasteiger charge is 2.70. The van der Waals surface area contributed by atoms with E-state index < -0.39 is 22.9 Å². The number of Topliss-reactive ketones (excluding diaryl/α,β-unsaturated/α-hetero) is 1. The fraction of sp³-hybridized carbons (Fsp3) is 0.750. The Balaban J connectivity index is 1.28. The normalized spacial score (nSPS) is 37.6. The smallest absolute Gasteiger partial charge is 0.321 e. The van der Waals surface area contributed by atoms with Gasteiger partial charge in [0.15, 0.2) is 5.78 Å². The van der Waals surface area contributed by atoms with Gasteiger partial charge in [0.25, 0.3) is 0 Å². The number of carbonyl (C=O) groups is 4. The van der Waals surface area contributed by atoms with Crippen LogP contribution in [0.1, 0.15) is 127 Å². The second-order valence-electron chi connectivity index (χ2n) is 18.7. The molecule has 274 valence electrons. The lowest BCUT2D eigenvalue weighted by Gasteiger charge is -2.72. The van der Waals surface area contributed by atoms with Gasteiger partial charge < -0.3 is 15.2 Å². The minimum Gasteiger partial charge on any atom is -0.481 e. The Morgan fingerprint density at radius 1 is 0.980 bits per heavy atom. The summed E-state index contributed by atoms with van der Waals surface area (Å²) in [5, 5.41) is 15.8. The predicted octanol–water partition coefficient (Wildman–Crippen LogP) is 7.74. The molecule has 50 heavy (non-hydrogen) atoms. The van der Waals surface area contributed by atoms with Crippen LogP contribution in [0, 0.1) is 50.7 Å².